The summed E-state index contributed by atoms with van der Waals surface area (Å²) in [6, 6.07) is 0. The van der Waals surface area contributed by atoms with E-state index in [-0.39, 0.29) is 23.6 Å². The lowest BCUT2D eigenvalue weighted by molar-refractivity contribution is -0.137. The van der Waals surface area contributed by atoms with E-state index < -0.39 is 0 Å². The normalized spacial score (nSPS) is 34.0. The van der Waals surface area contributed by atoms with E-state index in [2.05, 4.69) is 29.3 Å². The molecule has 0 aromatic carbocycles. The zero-order valence-electron chi connectivity index (χ0n) is 15.3. The van der Waals surface area contributed by atoms with Gasteiger partial charge >= 0.3 is 0 Å². The highest BCUT2D eigenvalue weighted by atomic mass is 16.5. The lowest BCUT2D eigenvalue weighted by atomic mass is 9.96. The average Bonchev–Trinajstić information content (AvgIpc) is 3.54. The number of ether oxygens (including phenoxy) is 1. The Hall–Kier alpha value is -1.56. The van der Waals surface area contributed by atoms with E-state index in [1.54, 1.807) is 0 Å². The molecule has 0 bridgehead atoms. The van der Waals surface area contributed by atoms with E-state index in [4.69, 9.17) is 4.74 Å². The molecule has 136 valence electrons. The van der Waals surface area contributed by atoms with Crippen LogP contribution in [0.2, 0.25) is 0 Å². The summed E-state index contributed by atoms with van der Waals surface area (Å²) in [6.07, 6.45) is 8.26. The molecule has 2 saturated carbocycles. The average molecular weight is 344 g/mol. The molecule has 6 nitrogen and oxygen atoms in total. The Morgan fingerprint density at radius 3 is 2.64 bits per heavy atom. The van der Waals surface area contributed by atoms with Crippen LogP contribution in [0, 0.1) is 11.3 Å². The van der Waals surface area contributed by atoms with Gasteiger partial charge in [-0.25, -0.2) is 0 Å². The predicted molar refractivity (Wildman–Crippen MR) is 94.3 cm³/mol. The maximum Gasteiger partial charge on any atom is 0.272 e. The molecule has 5 rings (SSSR count). The number of rotatable bonds is 4. The first-order valence-corrected chi connectivity index (χ1v) is 9.85. The van der Waals surface area contributed by atoms with Gasteiger partial charge in [0.25, 0.3) is 5.91 Å². The molecule has 0 spiro atoms. The molecule has 0 aromatic rings. The zero-order chi connectivity index (χ0) is 17.2. The number of amides is 1. The van der Waals surface area contributed by atoms with E-state index in [0.717, 1.165) is 42.6 Å². The Balaban J connectivity index is 1.41. The quantitative estimate of drug-likeness (QED) is 0.851. The third-order valence-corrected chi connectivity index (χ3v) is 6.82. The second-order valence-corrected chi connectivity index (χ2v) is 8.38. The molecule has 1 N–H and O–H groups in total. The molecule has 3 aliphatic heterocycles. The summed E-state index contributed by atoms with van der Waals surface area (Å²) in [5.74, 6) is 2.02. The van der Waals surface area contributed by atoms with Crippen molar-refractivity contribution in [2.45, 2.75) is 71.1 Å². The van der Waals surface area contributed by atoms with Gasteiger partial charge in [-0.3, -0.25) is 15.1 Å². The lowest BCUT2D eigenvalue weighted by Crippen LogP contribution is -2.58. The Bertz CT molecular complexity index is 656. The number of amidine groups is 1. The van der Waals surface area contributed by atoms with Gasteiger partial charge in [-0.1, -0.05) is 0 Å². The van der Waals surface area contributed by atoms with Crippen LogP contribution in [0.15, 0.2) is 16.5 Å². The van der Waals surface area contributed by atoms with Crippen LogP contribution in [0.4, 0.5) is 0 Å². The Morgan fingerprint density at radius 1 is 1.20 bits per heavy atom. The summed E-state index contributed by atoms with van der Waals surface area (Å²) in [7, 11) is 0. The van der Waals surface area contributed by atoms with Crippen LogP contribution >= 0.6 is 0 Å². The minimum Gasteiger partial charge on any atom is -0.376 e. The van der Waals surface area contributed by atoms with Gasteiger partial charge in [0, 0.05) is 23.4 Å². The monoisotopic (exact) mass is 344 g/mol. The molecule has 3 heterocycles. The molecule has 6 heteroatoms. The number of hydrogen-bond acceptors (Lipinski definition) is 5. The van der Waals surface area contributed by atoms with Gasteiger partial charge in [0.2, 0.25) is 6.17 Å². The molecule has 5 aliphatic rings. The second-order valence-electron chi connectivity index (χ2n) is 8.38. The number of allylic oxidation sites excluding steroid dienone is 2. The topological polar surface area (TPSA) is 57.2 Å². The Morgan fingerprint density at radius 2 is 2.00 bits per heavy atom. The van der Waals surface area contributed by atoms with Gasteiger partial charge < -0.3 is 9.64 Å². The number of carbonyl (C=O) groups excluding carboxylic acids is 1. The fourth-order valence-corrected chi connectivity index (χ4v) is 4.88. The first kappa shape index (κ1) is 15.7. The molecule has 1 saturated heterocycles. The van der Waals surface area contributed by atoms with Crippen LogP contribution in [0.1, 0.15) is 58.8 Å². The minimum absolute atomic E-state index is 0.114. The maximum absolute atomic E-state index is 13.2. The number of fused-ring (bicyclic) bond motifs is 1. The number of nitrogens with zero attached hydrogens (tertiary/aromatic N) is 3. The van der Waals surface area contributed by atoms with Crippen LogP contribution in [-0.4, -0.2) is 47.0 Å². The van der Waals surface area contributed by atoms with Crippen LogP contribution < -0.4 is 5.43 Å². The fraction of sp³-hybridized carbons (Fsp3) is 0.789. The smallest absolute Gasteiger partial charge is 0.272 e. The Kier molecular flexibility index (Phi) is 3.43. The number of carbonyl (C=O) groups is 1. The third kappa shape index (κ3) is 2.33. The van der Waals surface area contributed by atoms with Crippen molar-refractivity contribution in [3.63, 3.8) is 0 Å². The molecular weight excluding hydrogens is 316 g/mol. The summed E-state index contributed by atoms with van der Waals surface area (Å²) in [5, 5.41) is 4.67. The van der Waals surface area contributed by atoms with Crippen molar-refractivity contribution >= 4 is 11.7 Å². The van der Waals surface area contributed by atoms with E-state index in [9.17, 15) is 4.79 Å². The first-order valence-electron chi connectivity index (χ1n) is 9.85. The van der Waals surface area contributed by atoms with Crippen molar-refractivity contribution in [1.82, 2.24) is 15.2 Å². The summed E-state index contributed by atoms with van der Waals surface area (Å²) >= 11 is 0. The highest BCUT2D eigenvalue weighted by Gasteiger charge is 2.62. The highest BCUT2D eigenvalue weighted by Crippen LogP contribution is 2.63. The third-order valence-electron chi connectivity index (χ3n) is 6.82. The molecule has 2 unspecified atom stereocenters. The summed E-state index contributed by atoms with van der Waals surface area (Å²) in [5.41, 5.74) is 5.62. The largest absolute Gasteiger partial charge is 0.376 e. The SMILES string of the molecule is CC1=C(C)N2C(C3(C4CC4)CC3)=NNC2C(=O)N1CC1CCCCO1. The molecule has 3 fully saturated rings. The van der Waals surface area contributed by atoms with Crippen LogP contribution in [-0.2, 0) is 9.53 Å². The molecule has 2 aliphatic carbocycles. The summed E-state index contributed by atoms with van der Waals surface area (Å²) < 4.78 is 5.87. The van der Waals surface area contributed by atoms with Crippen LogP contribution in [0.25, 0.3) is 0 Å². The van der Waals surface area contributed by atoms with Crippen LogP contribution in [0.3, 0.4) is 0 Å². The molecule has 1 amide bonds. The molecular formula is C19H28N4O2. The zero-order valence-corrected chi connectivity index (χ0v) is 15.3. The first-order chi connectivity index (χ1) is 12.1. The number of hydrogen-bond donors (Lipinski definition) is 1. The van der Waals surface area contributed by atoms with Gasteiger partial charge in [-0.2, -0.15) is 5.10 Å². The number of hydrazone groups is 1. The van der Waals surface area contributed by atoms with Gasteiger partial charge in [0.05, 0.1) is 12.6 Å². The van der Waals surface area contributed by atoms with E-state index >= 15 is 0 Å². The van der Waals surface area contributed by atoms with Gasteiger partial charge in [-0.15, -0.1) is 0 Å². The molecule has 0 radical (unpaired) electrons. The van der Waals surface area contributed by atoms with Crippen molar-refractivity contribution in [2.75, 3.05) is 13.2 Å². The van der Waals surface area contributed by atoms with Crippen LogP contribution in [0.5, 0.6) is 0 Å². The molecule has 25 heavy (non-hydrogen) atoms. The van der Waals surface area contributed by atoms with Crippen molar-refractivity contribution < 1.29 is 9.53 Å². The minimum atomic E-state index is -0.362. The maximum atomic E-state index is 13.2. The van der Waals surface area contributed by atoms with Gasteiger partial charge in [0.1, 0.15) is 5.84 Å². The lowest BCUT2D eigenvalue weighted by Gasteiger charge is -2.41. The predicted octanol–water partition coefficient (Wildman–Crippen LogP) is 2.38. The van der Waals surface area contributed by atoms with Crippen molar-refractivity contribution in [3.05, 3.63) is 11.4 Å². The number of nitrogens with one attached hydrogen (secondary N) is 1. The van der Waals surface area contributed by atoms with Crippen molar-refractivity contribution in [1.29, 1.82) is 0 Å². The van der Waals surface area contributed by atoms with Crippen molar-refractivity contribution in [2.24, 2.45) is 16.4 Å². The highest BCUT2D eigenvalue weighted by molar-refractivity contribution is 5.99. The van der Waals surface area contributed by atoms with E-state index in [0.29, 0.717) is 6.54 Å². The van der Waals surface area contributed by atoms with E-state index in [1.807, 2.05) is 4.90 Å². The van der Waals surface area contributed by atoms with Gasteiger partial charge in [0.15, 0.2) is 0 Å². The van der Waals surface area contributed by atoms with Gasteiger partial charge in [-0.05, 0) is 64.7 Å². The molecule has 0 aromatic heterocycles. The summed E-state index contributed by atoms with van der Waals surface area (Å²) in [6.45, 7) is 5.68. The van der Waals surface area contributed by atoms with Crippen molar-refractivity contribution in [3.8, 4) is 0 Å². The second kappa shape index (κ2) is 5.47. The van der Waals surface area contributed by atoms with E-state index in [1.165, 1.54) is 32.1 Å². The summed E-state index contributed by atoms with van der Waals surface area (Å²) in [4.78, 5) is 17.3. The standard InChI is InChI=1S/C19H28N4O2/c1-12-13(2)23-16(17(24)22(12)11-15-5-3-4-10-25-15)20-21-18(23)19(8-9-19)14-6-7-14/h14-16,20H,3-11H2,1-2H3. The Labute approximate surface area is 149 Å². The fourth-order valence-electron chi connectivity index (χ4n) is 4.88. The molecule has 2 atom stereocenters.